The summed E-state index contributed by atoms with van der Waals surface area (Å²) in [6, 6.07) is 5.16. The highest BCUT2D eigenvalue weighted by molar-refractivity contribution is 5.95. The molecular weight excluding hydrogens is 302 g/mol. The van der Waals surface area contributed by atoms with E-state index in [0.29, 0.717) is 13.0 Å². The third-order valence-corrected chi connectivity index (χ3v) is 4.44. The van der Waals surface area contributed by atoms with Crippen molar-refractivity contribution in [2.75, 3.05) is 11.9 Å². The Bertz CT molecular complexity index is 625. The Kier molecular flexibility index (Phi) is 6.01. The molecule has 1 saturated heterocycles. The molecule has 0 saturated carbocycles. The van der Waals surface area contributed by atoms with Gasteiger partial charge in [-0.05, 0) is 35.8 Å². The van der Waals surface area contributed by atoms with E-state index in [1.807, 2.05) is 31.2 Å². The zero-order valence-electron chi connectivity index (χ0n) is 14.7. The zero-order valence-corrected chi connectivity index (χ0v) is 14.7. The van der Waals surface area contributed by atoms with Gasteiger partial charge >= 0.3 is 6.03 Å². The SMILES string of the molecule is C=CCc1cccc(C(C)C)c1NC(=O)N[C@H]1C(=O)NCC[C@H]1C. The first kappa shape index (κ1) is 18.0. The van der Waals surface area contributed by atoms with Crippen LogP contribution >= 0.6 is 0 Å². The monoisotopic (exact) mass is 329 g/mol. The van der Waals surface area contributed by atoms with Gasteiger partial charge in [-0.3, -0.25) is 4.79 Å². The summed E-state index contributed by atoms with van der Waals surface area (Å²) in [7, 11) is 0. The van der Waals surface area contributed by atoms with Crippen molar-refractivity contribution in [1.29, 1.82) is 0 Å². The van der Waals surface area contributed by atoms with Crippen molar-refractivity contribution >= 4 is 17.6 Å². The molecule has 1 aromatic carbocycles. The van der Waals surface area contributed by atoms with Crippen LogP contribution in [0.4, 0.5) is 10.5 Å². The van der Waals surface area contributed by atoms with E-state index >= 15 is 0 Å². The largest absolute Gasteiger partial charge is 0.354 e. The molecular formula is C19H27N3O2. The van der Waals surface area contributed by atoms with Crippen LogP contribution < -0.4 is 16.0 Å². The Morgan fingerprint density at radius 2 is 2.21 bits per heavy atom. The van der Waals surface area contributed by atoms with Gasteiger partial charge < -0.3 is 16.0 Å². The van der Waals surface area contributed by atoms with Crippen molar-refractivity contribution < 1.29 is 9.59 Å². The first-order valence-electron chi connectivity index (χ1n) is 8.52. The smallest absolute Gasteiger partial charge is 0.319 e. The highest BCUT2D eigenvalue weighted by atomic mass is 16.2. The maximum absolute atomic E-state index is 12.5. The number of rotatable bonds is 5. The first-order valence-corrected chi connectivity index (χ1v) is 8.52. The highest BCUT2D eigenvalue weighted by Crippen LogP contribution is 2.28. The number of hydrogen-bond donors (Lipinski definition) is 3. The molecule has 5 nitrogen and oxygen atoms in total. The molecule has 5 heteroatoms. The fourth-order valence-corrected chi connectivity index (χ4v) is 3.04. The molecule has 0 radical (unpaired) electrons. The number of hydrogen-bond acceptors (Lipinski definition) is 2. The van der Waals surface area contributed by atoms with Gasteiger partial charge in [0.1, 0.15) is 6.04 Å². The number of carbonyl (C=O) groups is 2. The summed E-state index contributed by atoms with van der Waals surface area (Å²) in [4.78, 5) is 24.4. The molecule has 2 atom stereocenters. The number of allylic oxidation sites excluding steroid dienone is 1. The van der Waals surface area contributed by atoms with Gasteiger partial charge in [-0.15, -0.1) is 6.58 Å². The van der Waals surface area contributed by atoms with E-state index < -0.39 is 6.04 Å². The number of nitrogens with one attached hydrogen (secondary N) is 3. The van der Waals surface area contributed by atoms with Gasteiger partial charge in [0.05, 0.1) is 0 Å². The highest BCUT2D eigenvalue weighted by Gasteiger charge is 2.30. The van der Waals surface area contributed by atoms with Crippen LogP contribution in [-0.4, -0.2) is 24.5 Å². The van der Waals surface area contributed by atoms with E-state index in [-0.39, 0.29) is 23.8 Å². The molecule has 130 valence electrons. The van der Waals surface area contributed by atoms with Gasteiger partial charge in [0.2, 0.25) is 5.91 Å². The van der Waals surface area contributed by atoms with Crippen LogP contribution in [0.3, 0.4) is 0 Å². The molecule has 3 amide bonds. The molecule has 0 aromatic heterocycles. The number of amides is 3. The van der Waals surface area contributed by atoms with E-state index in [9.17, 15) is 9.59 Å². The maximum atomic E-state index is 12.5. The molecule has 0 aliphatic carbocycles. The third-order valence-electron chi connectivity index (χ3n) is 4.44. The topological polar surface area (TPSA) is 70.2 Å². The third kappa shape index (κ3) is 4.16. The van der Waals surface area contributed by atoms with E-state index in [4.69, 9.17) is 0 Å². The second-order valence-corrected chi connectivity index (χ2v) is 6.66. The molecule has 1 aliphatic rings. The van der Waals surface area contributed by atoms with Gasteiger partial charge in [-0.2, -0.15) is 0 Å². The Morgan fingerprint density at radius 1 is 1.46 bits per heavy atom. The molecule has 1 fully saturated rings. The lowest BCUT2D eigenvalue weighted by Crippen LogP contribution is -2.55. The Balaban J connectivity index is 2.18. The fraction of sp³-hybridized carbons (Fsp3) is 0.474. The molecule has 24 heavy (non-hydrogen) atoms. The Labute approximate surface area is 143 Å². The van der Waals surface area contributed by atoms with Crippen molar-refractivity contribution in [3.05, 3.63) is 42.0 Å². The molecule has 2 rings (SSSR count). The summed E-state index contributed by atoms with van der Waals surface area (Å²) in [6.07, 6.45) is 3.36. The lowest BCUT2D eigenvalue weighted by Gasteiger charge is -2.29. The summed E-state index contributed by atoms with van der Waals surface area (Å²) < 4.78 is 0. The summed E-state index contributed by atoms with van der Waals surface area (Å²) >= 11 is 0. The van der Waals surface area contributed by atoms with Crippen molar-refractivity contribution in [3.63, 3.8) is 0 Å². The minimum Gasteiger partial charge on any atom is -0.354 e. The van der Waals surface area contributed by atoms with Gasteiger partial charge in [0.15, 0.2) is 0 Å². The van der Waals surface area contributed by atoms with E-state index in [1.54, 1.807) is 0 Å². The number of anilines is 1. The Morgan fingerprint density at radius 3 is 2.83 bits per heavy atom. The second-order valence-electron chi connectivity index (χ2n) is 6.66. The average Bonchev–Trinajstić information content (AvgIpc) is 2.52. The first-order chi connectivity index (χ1) is 11.4. The van der Waals surface area contributed by atoms with Crippen molar-refractivity contribution in [3.8, 4) is 0 Å². The molecule has 1 aliphatic heterocycles. The molecule has 0 spiro atoms. The van der Waals surface area contributed by atoms with Gasteiger partial charge in [-0.1, -0.05) is 45.0 Å². The van der Waals surface area contributed by atoms with E-state index in [2.05, 4.69) is 36.4 Å². The van der Waals surface area contributed by atoms with Crippen LogP contribution in [0.1, 0.15) is 44.2 Å². The van der Waals surface area contributed by atoms with E-state index in [1.165, 1.54) is 0 Å². The lowest BCUT2D eigenvalue weighted by molar-refractivity contribution is -0.125. The van der Waals surface area contributed by atoms with Crippen LogP contribution in [0.5, 0.6) is 0 Å². The quantitative estimate of drug-likeness (QED) is 0.726. The predicted molar refractivity (Wildman–Crippen MR) is 97.2 cm³/mol. The predicted octanol–water partition coefficient (Wildman–Crippen LogP) is 3.18. The fourth-order valence-electron chi connectivity index (χ4n) is 3.04. The number of urea groups is 1. The minimum atomic E-state index is -0.493. The summed E-state index contributed by atoms with van der Waals surface area (Å²) in [5.74, 6) is 0.284. The number of benzene rings is 1. The number of para-hydroxylation sites is 1. The van der Waals surface area contributed by atoms with Crippen molar-refractivity contribution in [1.82, 2.24) is 10.6 Å². The molecule has 1 aromatic rings. The van der Waals surface area contributed by atoms with Crippen LogP contribution in [0, 0.1) is 5.92 Å². The summed E-state index contributed by atoms with van der Waals surface area (Å²) in [5.41, 5.74) is 2.91. The molecule has 0 unspecified atom stereocenters. The van der Waals surface area contributed by atoms with Crippen LogP contribution in [-0.2, 0) is 11.2 Å². The number of carbonyl (C=O) groups excluding carboxylic acids is 2. The normalized spacial score (nSPS) is 20.4. The van der Waals surface area contributed by atoms with Crippen LogP contribution in [0.25, 0.3) is 0 Å². The van der Waals surface area contributed by atoms with Crippen molar-refractivity contribution in [2.24, 2.45) is 5.92 Å². The molecule has 0 bridgehead atoms. The standard InChI is InChI=1S/C19H27N3O2/c1-5-7-14-8-6-9-15(12(2)3)17(14)22-19(24)21-16-13(4)10-11-20-18(16)23/h5-6,8-9,12-13,16H,1,7,10-11H2,2-4H3,(H,20,23)(H2,21,22,24)/t13-,16-/m1/s1. The maximum Gasteiger partial charge on any atom is 0.319 e. The van der Waals surface area contributed by atoms with Gasteiger partial charge in [0.25, 0.3) is 0 Å². The lowest BCUT2D eigenvalue weighted by atomic mass is 9.94. The average molecular weight is 329 g/mol. The second kappa shape index (κ2) is 7.99. The summed E-state index contributed by atoms with van der Waals surface area (Å²) in [5, 5.41) is 8.57. The van der Waals surface area contributed by atoms with Crippen LogP contribution in [0.15, 0.2) is 30.9 Å². The van der Waals surface area contributed by atoms with Gasteiger partial charge in [-0.25, -0.2) is 4.79 Å². The van der Waals surface area contributed by atoms with Gasteiger partial charge in [0, 0.05) is 12.2 Å². The van der Waals surface area contributed by atoms with Crippen molar-refractivity contribution in [2.45, 2.75) is 45.6 Å². The van der Waals surface area contributed by atoms with E-state index in [0.717, 1.165) is 23.2 Å². The Hall–Kier alpha value is -2.30. The molecule has 1 heterocycles. The molecule has 3 N–H and O–H groups in total. The minimum absolute atomic E-state index is 0.118. The van der Waals surface area contributed by atoms with Crippen LogP contribution in [0.2, 0.25) is 0 Å². The zero-order chi connectivity index (χ0) is 17.7. The number of piperidine rings is 1. The summed E-state index contributed by atoms with van der Waals surface area (Å²) in [6.45, 7) is 10.6.